The average molecular weight is 340 g/mol. The molecule has 0 N–H and O–H groups in total. The maximum atomic E-state index is 12.9. The number of hydrogen-bond acceptors (Lipinski definition) is 3. The maximum absolute atomic E-state index is 12.9. The number of carbonyl (C=O) groups excluding carboxylic acids is 2. The molecule has 0 bridgehead atoms. The summed E-state index contributed by atoms with van der Waals surface area (Å²) in [5.74, 6) is 0.551. The molecule has 0 unspecified atom stereocenters. The Morgan fingerprint density at radius 1 is 1.04 bits per heavy atom. The summed E-state index contributed by atoms with van der Waals surface area (Å²) in [7, 11) is 1.94. The van der Waals surface area contributed by atoms with Crippen molar-refractivity contribution in [1.82, 2.24) is 19.4 Å². The molecule has 2 heterocycles. The Bertz CT molecular complexity index is 809. The van der Waals surface area contributed by atoms with E-state index in [0.29, 0.717) is 25.2 Å². The van der Waals surface area contributed by atoms with Crippen LogP contribution in [0.2, 0.25) is 0 Å². The van der Waals surface area contributed by atoms with Gasteiger partial charge in [-0.2, -0.15) is 0 Å². The van der Waals surface area contributed by atoms with Gasteiger partial charge in [-0.05, 0) is 37.5 Å². The van der Waals surface area contributed by atoms with E-state index in [9.17, 15) is 9.59 Å². The first-order chi connectivity index (χ1) is 12.1. The number of aryl methyl sites for hydroxylation is 1. The molecule has 2 amide bonds. The highest BCUT2D eigenvalue weighted by molar-refractivity contribution is 5.97. The van der Waals surface area contributed by atoms with Crippen molar-refractivity contribution in [3.63, 3.8) is 0 Å². The van der Waals surface area contributed by atoms with Crippen molar-refractivity contribution in [3.8, 4) is 0 Å². The molecule has 25 heavy (non-hydrogen) atoms. The summed E-state index contributed by atoms with van der Waals surface area (Å²) >= 11 is 0. The standard InChI is InChI=1S/C19H24N4O2/c1-21-13-20-16-12-15(6-7-17(16)21)19(25)23-9-3-8-22(10-11-23)18(24)14-4-2-5-14/h6-7,12-14H,2-5,8-11H2,1H3. The van der Waals surface area contributed by atoms with E-state index >= 15 is 0 Å². The Kier molecular flexibility index (Phi) is 4.19. The van der Waals surface area contributed by atoms with Crippen LogP contribution in [0.15, 0.2) is 24.5 Å². The highest BCUT2D eigenvalue weighted by Gasteiger charge is 2.31. The van der Waals surface area contributed by atoms with Gasteiger partial charge in [-0.25, -0.2) is 4.98 Å². The molecule has 6 heteroatoms. The third kappa shape index (κ3) is 3.01. The van der Waals surface area contributed by atoms with Gasteiger partial charge in [0, 0.05) is 44.7 Å². The zero-order valence-electron chi connectivity index (χ0n) is 14.6. The maximum Gasteiger partial charge on any atom is 0.253 e. The van der Waals surface area contributed by atoms with E-state index in [-0.39, 0.29) is 17.7 Å². The average Bonchev–Trinajstić information content (AvgIpc) is 2.79. The summed E-state index contributed by atoms with van der Waals surface area (Å²) in [5.41, 5.74) is 2.53. The van der Waals surface area contributed by atoms with Crippen LogP contribution in [0.4, 0.5) is 0 Å². The molecular formula is C19H24N4O2. The van der Waals surface area contributed by atoms with Crippen molar-refractivity contribution in [2.75, 3.05) is 26.2 Å². The van der Waals surface area contributed by atoms with E-state index in [4.69, 9.17) is 0 Å². The Morgan fingerprint density at radius 3 is 2.56 bits per heavy atom. The van der Waals surface area contributed by atoms with Crippen molar-refractivity contribution in [2.45, 2.75) is 25.7 Å². The van der Waals surface area contributed by atoms with Crippen molar-refractivity contribution < 1.29 is 9.59 Å². The van der Waals surface area contributed by atoms with E-state index in [1.807, 2.05) is 39.6 Å². The molecule has 0 spiro atoms. The second-order valence-electron chi connectivity index (χ2n) is 7.16. The van der Waals surface area contributed by atoms with Crippen molar-refractivity contribution in [2.24, 2.45) is 13.0 Å². The van der Waals surface area contributed by atoms with E-state index in [1.54, 1.807) is 6.33 Å². The predicted octanol–water partition coefficient (Wildman–Crippen LogP) is 2.05. The fraction of sp³-hybridized carbons (Fsp3) is 0.526. The number of aromatic nitrogens is 2. The summed E-state index contributed by atoms with van der Waals surface area (Å²) in [6.07, 6.45) is 5.83. The van der Waals surface area contributed by atoms with E-state index in [2.05, 4.69) is 4.98 Å². The monoisotopic (exact) mass is 340 g/mol. The fourth-order valence-electron chi connectivity index (χ4n) is 3.71. The lowest BCUT2D eigenvalue weighted by Gasteiger charge is -2.31. The zero-order valence-corrected chi connectivity index (χ0v) is 14.6. The van der Waals surface area contributed by atoms with Gasteiger partial charge in [-0.1, -0.05) is 6.42 Å². The van der Waals surface area contributed by atoms with Crippen molar-refractivity contribution in [3.05, 3.63) is 30.1 Å². The molecule has 1 aliphatic heterocycles. The molecule has 1 aliphatic carbocycles. The normalized spacial score (nSPS) is 18.9. The van der Waals surface area contributed by atoms with Crippen LogP contribution >= 0.6 is 0 Å². The molecular weight excluding hydrogens is 316 g/mol. The molecule has 1 aromatic carbocycles. The number of fused-ring (bicyclic) bond motifs is 1. The SMILES string of the molecule is Cn1cnc2cc(C(=O)N3CCCN(C(=O)C4CCC4)CC3)ccc21. The van der Waals surface area contributed by atoms with Gasteiger partial charge in [0.25, 0.3) is 5.91 Å². The number of amides is 2. The number of rotatable bonds is 2. The van der Waals surface area contributed by atoms with Crippen molar-refractivity contribution in [1.29, 1.82) is 0 Å². The minimum Gasteiger partial charge on any atom is -0.341 e. The van der Waals surface area contributed by atoms with Crippen LogP contribution in [0, 0.1) is 5.92 Å². The molecule has 1 saturated heterocycles. The molecule has 4 rings (SSSR count). The molecule has 1 aromatic heterocycles. The first kappa shape index (κ1) is 16.1. The first-order valence-corrected chi connectivity index (χ1v) is 9.12. The van der Waals surface area contributed by atoms with Crippen LogP contribution in [0.3, 0.4) is 0 Å². The van der Waals surface area contributed by atoms with Crippen LogP contribution in [-0.2, 0) is 11.8 Å². The minimum atomic E-state index is 0.0329. The van der Waals surface area contributed by atoms with E-state index in [1.165, 1.54) is 6.42 Å². The van der Waals surface area contributed by atoms with Gasteiger partial charge >= 0.3 is 0 Å². The number of carbonyl (C=O) groups is 2. The molecule has 132 valence electrons. The zero-order chi connectivity index (χ0) is 17.4. The van der Waals surface area contributed by atoms with E-state index < -0.39 is 0 Å². The Hall–Kier alpha value is -2.37. The summed E-state index contributed by atoms with van der Waals surface area (Å²) in [6.45, 7) is 2.72. The lowest BCUT2D eigenvalue weighted by atomic mass is 9.84. The Labute approximate surface area is 147 Å². The third-order valence-corrected chi connectivity index (χ3v) is 5.52. The highest BCUT2D eigenvalue weighted by atomic mass is 16.2. The molecule has 0 atom stereocenters. The Morgan fingerprint density at radius 2 is 1.80 bits per heavy atom. The fourth-order valence-corrected chi connectivity index (χ4v) is 3.71. The van der Waals surface area contributed by atoms with Gasteiger partial charge in [0.1, 0.15) is 0 Å². The summed E-state index contributed by atoms with van der Waals surface area (Å²) in [4.78, 5) is 33.5. The van der Waals surface area contributed by atoms with Gasteiger partial charge in [0.15, 0.2) is 0 Å². The van der Waals surface area contributed by atoms with Gasteiger partial charge in [-0.15, -0.1) is 0 Å². The number of benzene rings is 1. The predicted molar refractivity (Wildman–Crippen MR) is 95.2 cm³/mol. The highest BCUT2D eigenvalue weighted by Crippen LogP contribution is 2.28. The summed E-state index contributed by atoms with van der Waals surface area (Å²) in [6, 6.07) is 5.67. The van der Waals surface area contributed by atoms with Gasteiger partial charge in [-0.3, -0.25) is 9.59 Å². The number of hydrogen-bond donors (Lipinski definition) is 0. The van der Waals surface area contributed by atoms with Crippen LogP contribution in [0.1, 0.15) is 36.0 Å². The van der Waals surface area contributed by atoms with Crippen LogP contribution in [0.5, 0.6) is 0 Å². The quantitative estimate of drug-likeness (QED) is 0.841. The third-order valence-electron chi connectivity index (χ3n) is 5.52. The topological polar surface area (TPSA) is 58.4 Å². The van der Waals surface area contributed by atoms with Gasteiger partial charge in [0.05, 0.1) is 17.4 Å². The molecule has 1 saturated carbocycles. The largest absolute Gasteiger partial charge is 0.341 e. The second-order valence-corrected chi connectivity index (χ2v) is 7.16. The summed E-state index contributed by atoms with van der Waals surface area (Å²) in [5, 5.41) is 0. The Balaban J connectivity index is 1.45. The lowest BCUT2D eigenvalue weighted by Crippen LogP contribution is -2.41. The number of nitrogens with zero attached hydrogens (tertiary/aromatic N) is 4. The molecule has 2 fully saturated rings. The van der Waals surface area contributed by atoms with Crippen LogP contribution in [0.25, 0.3) is 11.0 Å². The van der Waals surface area contributed by atoms with Crippen LogP contribution in [-0.4, -0.2) is 57.3 Å². The lowest BCUT2D eigenvalue weighted by molar-refractivity contribution is -0.138. The van der Waals surface area contributed by atoms with E-state index in [0.717, 1.165) is 36.8 Å². The van der Waals surface area contributed by atoms with Gasteiger partial charge in [0.2, 0.25) is 5.91 Å². The van der Waals surface area contributed by atoms with Crippen molar-refractivity contribution >= 4 is 22.8 Å². The minimum absolute atomic E-state index is 0.0329. The second kappa shape index (κ2) is 6.50. The first-order valence-electron chi connectivity index (χ1n) is 9.12. The van der Waals surface area contributed by atoms with Gasteiger partial charge < -0.3 is 14.4 Å². The summed E-state index contributed by atoms with van der Waals surface area (Å²) < 4.78 is 1.94. The molecule has 2 aromatic rings. The molecule has 6 nitrogen and oxygen atoms in total. The molecule has 2 aliphatic rings. The number of imidazole rings is 1. The van der Waals surface area contributed by atoms with Crippen LogP contribution < -0.4 is 0 Å². The molecule has 0 radical (unpaired) electrons. The smallest absolute Gasteiger partial charge is 0.253 e.